The number of nitrogens with zero attached hydrogens (tertiary/aromatic N) is 2. The fourth-order valence-electron chi connectivity index (χ4n) is 6.72. The Kier molecular flexibility index (Phi) is 7.91. The average Bonchev–Trinajstić information content (AvgIpc) is 3.55. The molecule has 2 saturated heterocycles. The second-order valence-corrected chi connectivity index (χ2v) is 11.6. The number of carbonyl (C=O) groups excluding carboxylic acids is 3. The quantitative estimate of drug-likeness (QED) is 0.461. The zero-order valence-corrected chi connectivity index (χ0v) is 22.9. The zero-order chi connectivity index (χ0) is 26.9. The van der Waals surface area contributed by atoms with Gasteiger partial charge in [-0.1, -0.05) is 62.5 Å². The van der Waals surface area contributed by atoms with Gasteiger partial charge >= 0.3 is 0 Å². The first kappa shape index (κ1) is 26.9. The van der Waals surface area contributed by atoms with Crippen LogP contribution in [0.2, 0.25) is 0 Å². The number of unbranched alkanes of at least 4 members (excludes halogenated alkanes) is 1. The average molecular weight is 523 g/mol. The standard InChI is InChI=1S/C30H42N4O4/c1-4-5-17-33(3)18-19-34-26(28(36)32-21-9-7-6-8-10-21)30-16-15-23(38-30)24(25(30)29(34)37)27(35)31-22-13-11-20(2)12-14-22/h11-16,21,23-26H,4-10,17-19H2,1-3H3,(H,31,35)(H,32,36)/t23-,24+,25-,26-,30-/m0/s1. The molecule has 3 aliphatic heterocycles. The van der Waals surface area contributed by atoms with Gasteiger partial charge in [0.1, 0.15) is 11.6 Å². The summed E-state index contributed by atoms with van der Waals surface area (Å²) in [4.78, 5) is 45.4. The van der Waals surface area contributed by atoms with E-state index in [9.17, 15) is 14.4 Å². The molecule has 3 amide bonds. The molecule has 2 N–H and O–H groups in total. The highest BCUT2D eigenvalue weighted by Gasteiger charge is 2.72. The molecular weight excluding hydrogens is 480 g/mol. The lowest BCUT2D eigenvalue weighted by Gasteiger charge is -2.34. The van der Waals surface area contributed by atoms with E-state index >= 15 is 0 Å². The van der Waals surface area contributed by atoms with Crippen LogP contribution in [-0.4, -0.2) is 78.0 Å². The molecule has 1 aromatic carbocycles. The van der Waals surface area contributed by atoms with Gasteiger partial charge < -0.3 is 25.2 Å². The molecule has 1 saturated carbocycles. The third-order valence-electron chi connectivity index (χ3n) is 8.81. The number of ether oxygens (including phenoxy) is 1. The lowest BCUT2D eigenvalue weighted by Crippen LogP contribution is -2.57. The number of hydrogen-bond acceptors (Lipinski definition) is 5. The molecule has 0 aromatic heterocycles. The second-order valence-electron chi connectivity index (χ2n) is 11.6. The van der Waals surface area contributed by atoms with E-state index in [1.54, 1.807) is 4.90 Å². The van der Waals surface area contributed by atoms with Crippen molar-refractivity contribution in [2.75, 3.05) is 32.0 Å². The Balaban J connectivity index is 1.39. The number of aryl methyl sites for hydroxylation is 1. The van der Waals surface area contributed by atoms with Crippen molar-refractivity contribution in [1.29, 1.82) is 0 Å². The van der Waals surface area contributed by atoms with E-state index in [4.69, 9.17) is 4.74 Å². The van der Waals surface area contributed by atoms with Crippen molar-refractivity contribution in [3.63, 3.8) is 0 Å². The van der Waals surface area contributed by atoms with Gasteiger partial charge in [-0.15, -0.1) is 0 Å². The van der Waals surface area contributed by atoms with Gasteiger partial charge in [-0.3, -0.25) is 14.4 Å². The summed E-state index contributed by atoms with van der Waals surface area (Å²) in [7, 11) is 2.05. The minimum atomic E-state index is -1.11. The zero-order valence-electron chi connectivity index (χ0n) is 22.9. The number of fused-ring (bicyclic) bond motifs is 1. The Morgan fingerprint density at radius 2 is 1.84 bits per heavy atom. The van der Waals surface area contributed by atoms with E-state index in [-0.39, 0.29) is 23.8 Å². The number of carbonyl (C=O) groups is 3. The first-order chi connectivity index (χ1) is 18.3. The summed E-state index contributed by atoms with van der Waals surface area (Å²) >= 11 is 0. The van der Waals surface area contributed by atoms with E-state index in [1.807, 2.05) is 50.4 Å². The SMILES string of the molecule is CCCCN(C)CCN1C(=O)[C@@H]2[C@H](C(=O)Nc3ccc(C)cc3)[C@@H]3C=C[C@@]2(O3)[C@@H]1C(=O)NC1CCCCC1. The smallest absolute Gasteiger partial charge is 0.246 e. The third kappa shape index (κ3) is 5.00. The van der Waals surface area contributed by atoms with Crippen molar-refractivity contribution in [1.82, 2.24) is 15.1 Å². The van der Waals surface area contributed by atoms with Gasteiger partial charge in [-0.05, 0) is 51.9 Å². The Morgan fingerprint density at radius 1 is 1.11 bits per heavy atom. The van der Waals surface area contributed by atoms with Crippen LogP contribution in [0.1, 0.15) is 57.4 Å². The minimum absolute atomic E-state index is 0.124. The van der Waals surface area contributed by atoms with Crippen molar-refractivity contribution >= 4 is 23.4 Å². The molecule has 38 heavy (non-hydrogen) atoms. The first-order valence-corrected chi connectivity index (χ1v) is 14.4. The molecule has 3 heterocycles. The summed E-state index contributed by atoms with van der Waals surface area (Å²) in [5.74, 6) is -1.95. The second kappa shape index (κ2) is 11.2. The van der Waals surface area contributed by atoms with Gasteiger partial charge in [0, 0.05) is 24.8 Å². The van der Waals surface area contributed by atoms with Gasteiger partial charge in [-0.25, -0.2) is 0 Å². The predicted molar refractivity (Wildman–Crippen MR) is 146 cm³/mol. The fraction of sp³-hybridized carbons (Fsp3) is 0.633. The van der Waals surface area contributed by atoms with E-state index in [2.05, 4.69) is 22.5 Å². The maximum atomic E-state index is 14.1. The number of likely N-dealkylation sites (N-methyl/N-ethyl adjacent to an activating group) is 1. The predicted octanol–water partition coefficient (Wildman–Crippen LogP) is 3.26. The maximum Gasteiger partial charge on any atom is 0.246 e. The molecule has 8 heteroatoms. The third-order valence-corrected chi connectivity index (χ3v) is 8.81. The Hall–Kier alpha value is -2.71. The number of benzene rings is 1. The molecule has 2 bridgehead atoms. The van der Waals surface area contributed by atoms with Gasteiger partial charge in [0.2, 0.25) is 17.7 Å². The normalized spacial score (nSPS) is 30.2. The molecule has 5 rings (SSSR count). The lowest BCUT2D eigenvalue weighted by molar-refractivity contribution is -0.141. The van der Waals surface area contributed by atoms with Crippen LogP contribution in [0.4, 0.5) is 5.69 Å². The lowest BCUT2D eigenvalue weighted by atomic mass is 9.74. The molecule has 5 atom stereocenters. The number of amides is 3. The van der Waals surface area contributed by atoms with Crippen LogP contribution >= 0.6 is 0 Å². The number of hydrogen-bond donors (Lipinski definition) is 2. The number of anilines is 1. The highest BCUT2D eigenvalue weighted by Crippen LogP contribution is 2.55. The Bertz CT molecular complexity index is 1070. The van der Waals surface area contributed by atoms with Crippen molar-refractivity contribution in [3.05, 3.63) is 42.0 Å². The fourth-order valence-corrected chi connectivity index (χ4v) is 6.72. The van der Waals surface area contributed by atoms with Crippen LogP contribution in [0.3, 0.4) is 0 Å². The molecule has 0 radical (unpaired) electrons. The largest absolute Gasteiger partial charge is 0.359 e. The van der Waals surface area contributed by atoms with Crippen molar-refractivity contribution in [3.8, 4) is 0 Å². The van der Waals surface area contributed by atoms with Crippen LogP contribution in [0, 0.1) is 18.8 Å². The molecule has 3 fully saturated rings. The number of rotatable bonds is 10. The molecule has 206 valence electrons. The highest BCUT2D eigenvalue weighted by atomic mass is 16.5. The highest BCUT2D eigenvalue weighted by molar-refractivity contribution is 6.02. The summed E-state index contributed by atoms with van der Waals surface area (Å²) in [6, 6.07) is 6.96. The van der Waals surface area contributed by atoms with Crippen LogP contribution in [0.25, 0.3) is 0 Å². The summed E-state index contributed by atoms with van der Waals surface area (Å²) in [6.07, 6.45) is 10.8. The summed E-state index contributed by atoms with van der Waals surface area (Å²) in [6.45, 7) is 6.18. The number of nitrogens with one attached hydrogen (secondary N) is 2. The van der Waals surface area contributed by atoms with Crippen molar-refractivity contribution in [2.24, 2.45) is 11.8 Å². The van der Waals surface area contributed by atoms with Crippen LogP contribution in [0.15, 0.2) is 36.4 Å². The molecule has 4 aliphatic rings. The molecule has 0 unspecified atom stereocenters. The van der Waals surface area contributed by atoms with Gasteiger partial charge in [-0.2, -0.15) is 0 Å². The topological polar surface area (TPSA) is 91.0 Å². The molecule has 1 spiro atoms. The van der Waals surface area contributed by atoms with E-state index in [0.29, 0.717) is 18.8 Å². The van der Waals surface area contributed by atoms with Gasteiger partial charge in [0.25, 0.3) is 0 Å². The summed E-state index contributed by atoms with van der Waals surface area (Å²) in [5, 5.41) is 6.24. The molecule has 1 aromatic rings. The first-order valence-electron chi connectivity index (χ1n) is 14.4. The van der Waals surface area contributed by atoms with E-state index in [0.717, 1.165) is 50.6 Å². The summed E-state index contributed by atoms with van der Waals surface area (Å²) < 4.78 is 6.46. The molecular formula is C30H42N4O4. The van der Waals surface area contributed by atoms with E-state index in [1.165, 1.54) is 6.42 Å². The van der Waals surface area contributed by atoms with Crippen LogP contribution in [-0.2, 0) is 19.1 Å². The Morgan fingerprint density at radius 3 is 2.55 bits per heavy atom. The Labute approximate surface area is 226 Å². The maximum absolute atomic E-state index is 14.1. The summed E-state index contributed by atoms with van der Waals surface area (Å²) in [5.41, 5.74) is 0.677. The van der Waals surface area contributed by atoms with Crippen LogP contribution in [0.5, 0.6) is 0 Å². The van der Waals surface area contributed by atoms with Crippen molar-refractivity contribution in [2.45, 2.75) is 82.6 Å². The van der Waals surface area contributed by atoms with Gasteiger partial charge in [0.15, 0.2) is 0 Å². The molecule has 1 aliphatic carbocycles. The number of likely N-dealkylation sites (tertiary alicyclic amines) is 1. The monoisotopic (exact) mass is 522 g/mol. The molecule has 8 nitrogen and oxygen atoms in total. The van der Waals surface area contributed by atoms with Crippen LogP contribution < -0.4 is 10.6 Å². The van der Waals surface area contributed by atoms with Crippen molar-refractivity contribution < 1.29 is 19.1 Å². The van der Waals surface area contributed by atoms with E-state index < -0.39 is 29.6 Å². The van der Waals surface area contributed by atoms with Gasteiger partial charge in [0.05, 0.1) is 17.9 Å². The minimum Gasteiger partial charge on any atom is -0.359 e.